The molecule has 30 heavy (non-hydrogen) atoms. The highest BCUT2D eigenvalue weighted by molar-refractivity contribution is 6.31. The number of halogens is 3. The van der Waals surface area contributed by atoms with Crippen LogP contribution in [0.15, 0.2) is 91.0 Å². The summed E-state index contributed by atoms with van der Waals surface area (Å²) in [5.74, 6) is -1.05. The van der Waals surface area contributed by atoms with Crippen LogP contribution in [0, 0.1) is 11.6 Å². The van der Waals surface area contributed by atoms with Crippen molar-refractivity contribution in [2.24, 2.45) is 0 Å². The summed E-state index contributed by atoms with van der Waals surface area (Å²) in [5.41, 5.74) is 5.99. The number of hydrogen-bond acceptors (Lipinski definition) is 0. The van der Waals surface area contributed by atoms with Crippen molar-refractivity contribution in [1.82, 2.24) is 0 Å². The van der Waals surface area contributed by atoms with E-state index in [-0.39, 0.29) is 0 Å². The summed E-state index contributed by atoms with van der Waals surface area (Å²) in [6.45, 7) is 2.24. The fourth-order valence-electron chi connectivity index (χ4n) is 3.66. The Morgan fingerprint density at radius 2 is 1.13 bits per heavy atom. The van der Waals surface area contributed by atoms with Gasteiger partial charge in [-0.1, -0.05) is 97.4 Å². The highest BCUT2D eigenvalue weighted by atomic mass is 35.5. The standard InChI is InChI=1S/C27H21ClF2/c1-18(20-5-3-2-4-6-20)15-19-7-9-21(10-8-19)22-11-13-23(14-12-22)24-16-25(29)27(28)26(30)17-24/h2-14,16-18H,15H2,1H3/t18-/m0/s1. The molecule has 0 aromatic heterocycles. The molecule has 150 valence electrons. The molecule has 0 aliphatic heterocycles. The van der Waals surface area contributed by atoms with Gasteiger partial charge >= 0.3 is 0 Å². The lowest BCUT2D eigenvalue weighted by molar-refractivity contribution is 0.585. The van der Waals surface area contributed by atoms with Gasteiger partial charge in [-0.25, -0.2) is 8.78 Å². The van der Waals surface area contributed by atoms with Gasteiger partial charge in [0.05, 0.1) is 0 Å². The molecule has 0 aliphatic carbocycles. The van der Waals surface area contributed by atoms with Crippen LogP contribution in [0.1, 0.15) is 24.0 Å². The predicted molar refractivity (Wildman–Crippen MR) is 121 cm³/mol. The van der Waals surface area contributed by atoms with Crippen LogP contribution in [-0.2, 0) is 6.42 Å². The van der Waals surface area contributed by atoms with Crippen molar-refractivity contribution < 1.29 is 8.78 Å². The summed E-state index contributed by atoms with van der Waals surface area (Å²) in [5, 5.41) is -0.475. The smallest absolute Gasteiger partial charge is 0.145 e. The molecule has 0 radical (unpaired) electrons. The Hall–Kier alpha value is -2.97. The molecule has 4 rings (SSSR count). The van der Waals surface area contributed by atoms with Gasteiger partial charge in [-0.2, -0.15) is 0 Å². The summed E-state index contributed by atoms with van der Waals surface area (Å²) >= 11 is 5.57. The van der Waals surface area contributed by atoms with E-state index < -0.39 is 16.7 Å². The van der Waals surface area contributed by atoms with Crippen LogP contribution in [0.2, 0.25) is 5.02 Å². The molecular formula is C27H21ClF2. The minimum atomic E-state index is -0.754. The summed E-state index contributed by atoms with van der Waals surface area (Å²) in [6, 6.07) is 29.2. The van der Waals surface area contributed by atoms with E-state index >= 15 is 0 Å². The number of benzene rings is 4. The maximum absolute atomic E-state index is 13.7. The van der Waals surface area contributed by atoms with Crippen molar-refractivity contribution in [3.8, 4) is 22.3 Å². The van der Waals surface area contributed by atoms with Crippen molar-refractivity contribution >= 4 is 11.6 Å². The van der Waals surface area contributed by atoms with E-state index in [0.717, 1.165) is 23.1 Å². The molecule has 4 aromatic rings. The lowest BCUT2D eigenvalue weighted by Crippen LogP contribution is -1.98. The highest BCUT2D eigenvalue weighted by Crippen LogP contribution is 2.29. The summed E-state index contributed by atoms with van der Waals surface area (Å²) < 4.78 is 27.5. The molecule has 0 bridgehead atoms. The van der Waals surface area contributed by atoms with E-state index in [1.807, 2.05) is 30.3 Å². The maximum atomic E-state index is 13.7. The van der Waals surface area contributed by atoms with Gasteiger partial charge in [0.1, 0.15) is 16.7 Å². The second-order valence-electron chi connectivity index (χ2n) is 7.54. The van der Waals surface area contributed by atoms with E-state index in [0.29, 0.717) is 11.5 Å². The minimum absolute atomic E-state index is 0.455. The van der Waals surface area contributed by atoms with Crippen LogP contribution in [0.4, 0.5) is 8.78 Å². The van der Waals surface area contributed by atoms with Gasteiger partial charge in [-0.15, -0.1) is 0 Å². The Bertz CT molecular complexity index is 1110. The van der Waals surface area contributed by atoms with E-state index in [1.165, 1.54) is 23.3 Å². The third kappa shape index (κ3) is 4.44. The molecule has 0 fully saturated rings. The molecule has 0 saturated carbocycles. The molecule has 0 nitrogen and oxygen atoms in total. The Morgan fingerprint density at radius 3 is 1.67 bits per heavy atom. The zero-order valence-electron chi connectivity index (χ0n) is 16.6. The molecular weight excluding hydrogens is 398 g/mol. The molecule has 4 aromatic carbocycles. The molecule has 0 N–H and O–H groups in total. The third-order valence-corrected chi connectivity index (χ3v) is 5.76. The Balaban J connectivity index is 1.49. The average molecular weight is 419 g/mol. The van der Waals surface area contributed by atoms with Crippen molar-refractivity contribution in [2.75, 3.05) is 0 Å². The van der Waals surface area contributed by atoms with E-state index in [9.17, 15) is 8.78 Å². The van der Waals surface area contributed by atoms with Gasteiger partial charge in [0.15, 0.2) is 0 Å². The molecule has 0 amide bonds. The predicted octanol–water partition coefficient (Wildman–Crippen LogP) is 8.30. The molecule has 0 spiro atoms. The third-order valence-electron chi connectivity index (χ3n) is 5.40. The lowest BCUT2D eigenvalue weighted by Gasteiger charge is -2.12. The summed E-state index contributed by atoms with van der Waals surface area (Å²) in [4.78, 5) is 0. The monoisotopic (exact) mass is 418 g/mol. The quantitative estimate of drug-likeness (QED) is 0.286. The Morgan fingerprint density at radius 1 is 0.667 bits per heavy atom. The first-order valence-electron chi connectivity index (χ1n) is 9.90. The average Bonchev–Trinajstić information content (AvgIpc) is 2.78. The maximum Gasteiger partial charge on any atom is 0.145 e. The van der Waals surface area contributed by atoms with E-state index in [2.05, 4.69) is 55.5 Å². The van der Waals surface area contributed by atoms with Crippen LogP contribution < -0.4 is 0 Å². The van der Waals surface area contributed by atoms with Crippen molar-refractivity contribution in [2.45, 2.75) is 19.3 Å². The van der Waals surface area contributed by atoms with Crippen molar-refractivity contribution in [3.05, 3.63) is 119 Å². The summed E-state index contributed by atoms with van der Waals surface area (Å²) in [7, 11) is 0. The molecule has 0 heterocycles. The number of hydrogen-bond donors (Lipinski definition) is 0. The van der Waals surface area contributed by atoms with Gasteiger partial charge in [0.2, 0.25) is 0 Å². The Labute approximate surface area is 180 Å². The van der Waals surface area contributed by atoms with Gasteiger partial charge in [0, 0.05) is 0 Å². The first-order valence-corrected chi connectivity index (χ1v) is 10.3. The second kappa shape index (κ2) is 8.81. The van der Waals surface area contributed by atoms with Crippen molar-refractivity contribution in [1.29, 1.82) is 0 Å². The molecule has 0 saturated heterocycles. The second-order valence-corrected chi connectivity index (χ2v) is 7.92. The molecule has 1 atom stereocenters. The zero-order chi connectivity index (χ0) is 21.1. The van der Waals surface area contributed by atoms with Gasteiger partial charge in [-0.05, 0) is 57.9 Å². The lowest BCUT2D eigenvalue weighted by atomic mass is 9.92. The molecule has 0 unspecified atom stereocenters. The zero-order valence-corrected chi connectivity index (χ0v) is 17.3. The number of rotatable bonds is 5. The fraction of sp³-hybridized carbons (Fsp3) is 0.111. The van der Waals surface area contributed by atoms with Crippen LogP contribution >= 0.6 is 11.6 Å². The van der Waals surface area contributed by atoms with E-state index in [4.69, 9.17) is 11.6 Å². The first-order chi connectivity index (χ1) is 14.5. The summed E-state index contributed by atoms with van der Waals surface area (Å²) in [6.07, 6.45) is 0.983. The fourth-order valence-corrected chi connectivity index (χ4v) is 3.77. The van der Waals surface area contributed by atoms with Crippen LogP contribution in [0.25, 0.3) is 22.3 Å². The normalized spacial score (nSPS) is 12.0. The minimum Gasteiger partial charge on any atom is -0.205 e. The SMILES string of the molecule is C[C@@H](Cc1ccc(-c2ccc(-c3cc(F)c(Cl)c(F)c3)cc2)cc1)c1ccccc1. The topological polar surface area (TPSA) is 0 Å². The van der Waals surface area contributed by atoms with Gasteiger partial charge in [0.25, 0.3) is 0 Å². The van der Waals surface area contributed by atoms with Crippen LogP contribution in [0.5, 0.6) is 0 Å². The molecule has 3 heteroatoms. The van der Waals surface area contributed by atoms with Crippen molar-refractivity contribution in [3.63, 3.8) is 0 Å². The van der Waals surface area contributed by atoms with E-state index in [1.54, 1.807) is 0 Å². The Kier molecular flexibility index (Phi) is 5.96. The van der Waals surface area contributed by atoms with Gasteiger partial charge < -0.3 is 0 Å². The van der Waals surface area contributed by atoms with Gasteiger partial charge in [-0.3, -0.25) is 0 Å². The highest BCUT2D eigenvalue weighted by Gasteiger charge is 2.10. The molecule has 0 aliphatic rings. The largest absolute Gasteiger partial charge is 0.205 e. The van der Waals surface area contributed by atoms with Crippen LogP contribution in [0.3, 0.4) is 0 Å². The first kappa shape index (κ1) is 20.3. The van der Waals surface area contributed by atoms with Crippen LogP contribution in [-0.4, -0.2) is 0 Å².